The van der Waals surface area contributed by atoms with E-state index in [4.69, 9.17) is 0 Å². The number of anilines is 1. The van der Waals surface area contributed by atoms with Crippen LogP contribution >= 0.6 is 11.3 Å². The fourth-order valence-electron chi connectivity index (χ4n) is 3.00. The number of piperidine rings is 1. The number of nitrogens with one attached hydrogen (secondary N) is 2. The highest BCUT2D eigenvalue weighted by molar-refractivity contribution is 7.18. The van der Waals surface area contributed by atoms with Gasteiger partial charge in [0.1, 0.15) is 0 Å². The lowest BCUT2D eigenvalue weighted by Gasteiger charge is -2.22. The van der Waals surface area contributed by atoms with Crippen molar-refractivity contribution in [3.63, 3.8) is 0 Å². The molecule has 124 valence electrons. The number of amides is 1. The highest BCUT2D eigenvalue weighted by Gasteiger charge is 2.15. The Morgan fingerprint density at radius 1 is 1.39 bits per heavy atom. The van der Waals surface area contributed by atoms with E-state index in [0.29, 0.717) is 18.3 Å². The van der Waals surface area contributed by atoms with Crippen LogP contribution in [0.1, 0.15) is 50.5 Å². The zero-order valence-corrected chi connectivity index (χ0v) is 14.7. The lowest BCUT2D eigenvalue weighted by atomic mass is 9.93. The number of nitrogens with zero attached hydrogens (tertiary/aromatic N) is 1. The number of benzene rings is 1. The van der Waals surface area contributed by atoms with Gasteiger partial charge in [-0.2, -0.15) is 0 Å². The molecule has 0 unspecified atom stereocenters. The monoisotopic (exact) mass is 331 g/mol. The summed E-state index contributed by atoms with van der Waals surface area (Å²) in [5, 5.41) is 7.55. The molecule has 3 rings (SSSR count). The van der Waals surface area contributed by atoms with Gasteiger partial charge in [0, 0.05) is 18.0 Å². The van der Waals surface area contributed by atoms with E-state index in [9.17, 15) is 4.79 Å². The largest absolute Gasteiger partial charge is 0.326 e. The molecule has 0 saturated carbocycles. The van der Waals surface area contributed by atoms with E-state index < -0.39 is 0 Å². The van der Waals surface area contributed by atoms with Crippen molar-refractivity contribution in [3.8, 4) is 0 Å². The van der Waals surface area contributed by atoms with E-state index in [2.05, 4.69) is 29.5 Å². The minimum atomic E-state index is 0.122. The molecule has 1 aliphatic heterocycles. The SMILES string of the molecule is CC(C)c1nc2ccc(NC(=O)CCC3CCNCC3)cc2s1. The predicted molar refractivity (Wildman–Crippen MR) is 97.2 cm³/mol. The van der Waals surface area contributed by atoms with E-state index >= 15 is 0 Å². The molecule has 0 radical (unpaired) electrons. The van der Waals surface area contributed by atoms with Gasteiger partial charge in [-0.25, -0.2) is 4.98 Å². The van der Waals surface area contributed by atoms with Crippen molar-refractivity contribution in [2.45, 2.75) is 45.4 Å². The Kier molecular flexibility index (Phi) is 5.28. The van der Waals surface area contributed by atoms with Crippen LogP contribution in [0.15, 0.2) is 18.2 Å². The maximum Gasteiger partial charge on any atom is 0.224 e. The summed E-state index contributed by atoms with van der Waals surface area (Å²) in [6.07, 6.45) is 3.99. The topological polar surface area (TPSA) is 54.0 Å². The minimum absolute atomic E-state index is 0.122. The molecule has 1 aliphatic rings. The summed E-state index contributed by atoms with van der Waals surface area (Å²) in [4.78, 5) is 16.8. The first-order valence-corrected chi connectivity index (χ1v) is 9.34. The minimum Gasteiger partial charge on any atom is -0.326 e. The Hall–Kier alpha value is -1.46. The Morgan fingerprint density at radius 2 is 2.17 bits per heavy atom. The molecule has 1 amide bonds. The number of fused-ring (bicyclic) bond motifs is 1. The van der Waals surface area contributed by atoms with Gasteiger partial charge in [0.2, 0.25) is 5.91 Å². The van der Waals surface area contributed by atoms with Crippen LogP contribution in [-0.2, 0) is 4.79 Å². The van der Waals surface area contributed by atoms with Crippen LogP contribution in [0, 0.1) is 5.92 Å². The maximum absolute atomic E-state index is 12.2. The lowest BCUT2D eigenvalue weighted by Crippen LogP contribution is -2.28. The van der Waals surface area contributed by atoms with Crippen LogP contribution in [0.4, 0.5) is 5.69 Å². The van der Waals surface area contributed by atoms with E-state index in [1.54, 1.807) is 11.3 Å². The van der Waals surface area contributed by atoms with E-state index in [0.717, 1.165) is 40.4 Å². The van der Waals surface area contributed by atoms with Crippen LogP contribution in [0.2, 0.25) is 0 Å². The van der Waals surface area contributed by atoms with E-state index in [1.807, 2.05) is 18.2 Å². The number of hydrogen-bond acceptors (Lipinski definition) is 4. The van der Waals surface area contributed by atoms with Gasteiger partial charge in [0.05, 0.1) is 15.2 Å². The maximum atomic E-state index is 12.2. The van der Waals surface area contributed by atoms with E-state index in [-0.39, 0.29) is 5.91 Å². The molecular weight excluding hydrogens is 306 g/mol. The molecular formula is C18H25N3OS. The smallest absolute Gasteiger partial charge is 0.224 e. The molecule has 0 bridgehead atoms. The van der Waals surface area contributed by atoms with Gasteiger partial charge in [-0.3, -0.25) is 4.79 Å². The summed E-state index contributed by atoms with van der Waals surface area (Å²) in [6.45, 7) is 6.49. The number of hydrogen-bond donors (Lipinski definition) is 2. The van der Waals surface area contributed by atoms with Crippen molar-refractivity contribution < 1.29 is 4.79 Å². The van der Waals surface area contributed by atoms with Crippen LogP contribution in [0.3, 0.4) is 0 Å². The fraction of sp³-hybridized carbons (Fsp3) is 0.556. The second-order valence-electron chi connectivity index (χ2n) is 6.67. The molecule has 23 heavy (non-hydrogen) atoms. The number of aromatic nitrogens is 1. The first-order valence-electron chi connectivity index (χ1n) is 8.53. The van der Waals surface area contributed by atoms with Crippen LogP contribution in [-0.4, -0.2) is 24.0 Å². The summed E-state index contributed by atoms with van der Waals surface area (Å²) < 4.78 is 1.14. The second kappa shape index (κ2) is 7.41. The molecule has 1 fully saturated rings. The summed E-state index contributed by atoms with van der Waals surface area (Å²) in [5.41, 5.74) is 1.90. The molecule has 1 saturated heterocycles. The number of thiazole rings is 1. The van der Waals surface area contributed by atoms with Crippen molar-refractivity contribution in [1.82, 2.24) is 10.3 Å². The van der Waals surface area contributed by atoms with Gasteiger partial charge in [0.25, 0.3) is 0 Å². The standard InChI is InChI=1S/C18H25N3OS/c1-12(2)18-21-15-5-4-14(11-16(15)23-18)20-17(22)6-3-13-7-9-19-10-8-13/h4-5,11-13,19H,3,6-10H2,1-2H3,(H,20,22). The summed E-state index contributed by atoms with van der Waals surface area (Å²) in [5.74, 6) is 1.26. The average molecular weight is 331 g/mol. The summed E-state index contributed by atoms with van der Waals surface area (Å²) in [6, 6.07) is 6.00. The quantitative estimate of drug-likeness (QED) is 0.866. The summed E-state index contributed by atoms with van der Waals surface area (Å²) >= 11 is 1.71. The van der Waals surface area contributed by atoms with E-state index in [1.165, 1.54) is 12.8 Å². The number of rotatable bonds is 5. The average Bonchev–Trinajstić information content (AvgIpc) is 2.97. The molecule has 1 aromatic heterocycles. The van der Waals surface area contributed by atoms with Gasteiger partial charge in [-0.05, 0) is 56.5 Å². The molecule has 2 heterocycles. The molecule has 0 atom stereocenters. The first kappa shape index (κ1) is 16.4. The molecule has 0 spiro atoms. The highest BCUT2D eigenvalue weighted by Crippen LogP contribution is 2.29. The number of carbonyl (C=O) groups is 1. The van der Waals surface area contributed by atoms with Crippen LogP contribution in [0.25, 0.3) is 10.2 Å². The first-order chi connectivity index (χ1) is 11.1. The zero-order chi connectivity index (χ0) is 16.2. The Bertz CT molecular complexity index is 674. The molecule has 2 N–H and O–H groups in total. The Labute approximate surface area is 141 Å². The third-order valence-corrected chi connectivity index (χ3v) is 5.74. The van der Waals surface area contributed by atoms with Gasteiger partial charge in [0.15, 0.2) is 0 Å². The van der Waals surface area contributed by atoms with Crippen molar-refractivity contribution >= 4 is 33.1 Å². The second-order valence-corrected chi connectivity index (χ2v) is 7.73. The van der Waals surface area contributed by atoms with Crippen molar-refractivity contribution in [3.05, 3.63) is 23.2 Å². The van der Waals surface area contributed by atoms with Gasteiger partial charge < -0.3 is 10.6 Å². The fourth-order valence-corrected chi connectivity index (χ4v) is 4.01. The molecule has 5 heteroatoms. The Morgan fingerprint density at radius 3 is 2.91 bits per heavy atom. The van der Waals surface area contributed by atoms with Gasteiger partial charge >= 0.3 is 0 Å². The molecule has 0 aliphatic carbocycles. The molecule has 2 aromatic rings. The third kappa shape index (κ3) is 4.30. The number of carbonyl (C=O) groups excluding carboxylic acids is 1. The van der Waals surface area contributed by atoms with Gasteiger partial charge in [-0.15, -0.1) is 11.3 Å². The summed E-state index contributed by atoms with van der Waals surface area (Å²) in [7, 11) is 0. The van der Waals surface area contributed by atoms with Crippen LogP contribution in [0.5, 0.6) is 0 Å². The van der Waals surface area contributed by atoms with Crippen molar-refractivity contribution in [2.24, 2.45) is 5.92 Å². The molecule has 1 aromatic carbocycles. The van der Waals surface area contributed by atoms with Crippen LogP contribution < -0.4 is 10.6 Å². The Balaban J connectivity index is 1.58. The third-order valence-electron chi connectivity index (χ3n) is 4.42. The van der Waals surface area contributed by atoms with Gasteiger partial charge in [-0.1, -0.05) is 13.8 Å². The van der Waals surface area contributed by atoms with Crippen molar-refractivity contribution in [1.29, 1.82) is 0 Å². The van der Waals surface area contributed by atoms with Crippen molar-refractivity contribution in [2.75, 3.05) is 18.4 Å². The highest BCUT2D eigenvalue weighted by atomic mass is 32.1. The lowest BCUT2D eigenvalue weighted by molar-refractivity contribution is -0.116. The molecule has 4 nitrogen and oxygen atoms in total. The normalized spacial score (nSPS) is 16.1. The zero-order valence-electron chi connectivity index (χ0n) is 13.9. The predicted octanol–water partition coefficient (Wildman–Crippen LogP) is 4.14.